The average molecular weight is 423 g/mol. The molecule has 1 aromatic heterocycles. The first-order valence-corrected chi connectivity index (χ1v) is 10.3. The van der Waals surface area contributed by atoms with Gasteiger partial charge in [0, 0.05) is 17.6 Å². The molecular weight excluding hydrogens is 408 g/mol. The highest BCUT2D eigenvalue weighted by atomic mass is 32.2. The van der Waals surface area contributed by atoms with E-state index in [4.69, 9.17) is 4.74 Å². The van der Waals surface area contributed by atoms with Crippen LogP contribution < -0.4 is 19.1 Å². The maximum Gasteiger partial charge on any atom is 0.387 e. The summed E-state index contributed by atoms with van der Waals surface area (Å²) in [6, 6.07) is 11.7. The molecule has 1 N–H and O–H groups in total. The minimum Gasteiger partial charge on any atom is -0.489 e. The monoisotopic (exact) mass is 423 g/mol. The second-order valence-electron chi connectivity index (χ2n) is 5.68. The Kier molecular flexibility index (Phi) is 5.40. The SMILES string of the molecule is O=S(Nc1nccs1)c1ccc2c(c1)OCCN2c1ccccc1OC(F)F. The third-order valence-electron chi connectivity index (χ3n) is 3.99. The number of fused-ring (bicyclic) bond motifs is 1. The molecule has 0 saturated carbocycles. The number of halogens is 2. The molecule has 0 fully saturated rings. The summed E-state index contributed by atoms with van der Waals surface area (Å²) in [6.07, 6.45) is 1.62. The smallest absolute Gasteiger partial charge is 0.387 e. The number of alkyl halides is 2. The molecule has 0 spiro atoms. The minimum absolute atomic E-state index is 0.0865. The Labute approximate surface area is 166 Å². The van der Waals surface area contributed by atoms with Crippen molar-refractivity contribution < 1.29 is 22.5 Å². The predicted octanol–water partition coefficient (Wildman–Crippen LogP) is 4.41. The van der Waals surface area contributed by atoms with E-state index < -0.39 is 17.6 Å². The number of benzene rings is 2. The van der Waals surface area contributed by atoms with E-state index in [2.05, 4.69) is 14.4 Å². The van der Waals surface area contributed by atoms with E-state index in [9.17, 15) is 13.0 Å². The van der Waals surface area contributed by atoms with Crippen molar-refractivity contribution in [1.29, 1.82) is 0 Å². The number of rotatable bonds is 6. The van der Waals surface area contributed by atoms with Crippen LogP contribution in [0, 0.1) is 0 Å². The number of nitrogens with zero attached hydrogens (tertiary/aromatic N) is 2. The van der Waals surface area contributed by atoms with Gasteiger partial charge in [0.1, 0.15) is 18.1 Å². The van der Waals surface area contributed by atoms with Gasteiger partial charge in [-0.05, 0) is 24.3 Å². The van der Waals surface area contributed by atoms with E-state index in [1.54, 1.807) is 48.0 Å². The topological polar surface area (TPSA) is 63.7 Å². The van der Waals surface area contributed by atoms with Crippen LogP contribution in [0.1, 0.15) is 0 Å². The summed E-state index contributed by atoms with van der Waals surface area (Å²) in [4.78, 5) is 6.42. The lowest BCUT2D eigenvalue weighted by molar-refractivity contribution is -0.0494. The molecule has 10 heteroatoms. The predicted molar refractivity (Wildman–Crippen MR) is 104 cm³/mol. The minimum atomic E-state index is -2.91. The van der Waals surface area contributed by atoms with Crippen LogP contribution in [-0.2, 0) is 11.0 Å². The normalized spacial score (nSPS) is 14.3. The molecule has 4 rings (SSSR count). The first-order valence-electron chi connectivity index (χ1n) is 8.28. The molecule has 2 heterocycles. The van der Waals surface area contributed by atoms with Gasteiger partial charge in [-0.25, -0.2) is 9.19 Å². The zero-order chi connectivity index (χ0) is 19.5. The molecule has 0 saturated heterocycles. The van der Waals surface area contributed by atoms with Crippen molar-refractivity contribution in [2.75, 3.05) is 22.8 Å². The fourth-order valence-corrected chi connectivity index (χ4v) is 4.38. The molecule has 146 valence electrons. The van der Waals surface area contributed by atoms with Gasteiger partial charge in [0.2, 0.25) is 0 Å². The van der Waals surface area contributed by atoms with Gasteiger partial charge in [-0.15, -0.1) is 11.3 Å². The summed E-state index contributed by atoms with van der Waals surface area (Å²) < 4.78 is 51.2. The summed E-state index contributed by atoms with van der Waals surface area (Å²) in [5.74, 6) is 0.605. The molecule has 28 heavy (non-hydrogen) atoms. The molecular formula is C18H15F2N3O3S2. The molecule has 1 aliphatic rings. The number of ether oxygens (including phenoxy) is 2. The van der Waals surface area contributed by atoms with Crippen molar-refractivity contribution in [2.45, 2.75) is 11.5 Å². The molecule has 2 aromatic carbocycles. The molecule has 1 unspecified atom stereocenters. The van der Waals surface area contributed by atoms with E-state index >= 15 is 0 Å². The van der Waals surface area contributed by atoms with E-state index in [0.29, 0.717) is 40.3 Å². The second kappa shape index (κ2) is 8.11. The number of anilines is 3. The highest BCUT2D eigenvalue weighted by Gasteiger charge is 2.24. The highest BCUT2D eigenvalue weighted by molar-refractivity contribution is 7.86. The molecule has 1 aliphatic heterocycles. The molecule has 0 bridgehead atoms. The van der Waals surface area contributed by atoms with Crippen LogP contribution in [0.3, 0.4) is 0 Å². The molecule has 0 aliphatic carbocycles. The number of nitrogens with one attached hydrogen (secondary N) is 1. The van der Waals surface area contributed by atoms with E-state index in [1.807, 2.05) is 4.90 Å². The van der Waals surface area contributed by atoms with Gasteiger partial charge in [0.25, 0.3) is 0 Å². The Morgan fingerprint density at radius 2 is 2.11 bits per heavy atom. The molecule has 0 amide bonds. The Morgan fingerprint density at radius 1 is 1.25 bits per heavy atom. The summed E-state index contributed by atoms with van der Waals surface area (Å²) in [7, 11) is -1.50. The Hall–Kier alpha value is -2.72. The van der Waals surface area contributed by atoms with Crippen LogP contribution in [0.15, 0.2) is 58.9 Å². The second-order valence-corrected chi connectivity index (χ2v) is 7.79. The summed E-state index contributed by atoms with van der Waals surface area (Å²) >= 11 is 1.35. The van der Waals surface area contributed by atoms with Crippen molar-refractivity contribution in [1.82, 2.24) is 4.98 Å². The lowest BCUT2D eigenvalue weighted by Gasteiger charge is -2.32. The largest absolute Gasteiger partial charge is 0.489 e. The maximum atomic E-state index is 12.8. The summed E-state index contributed by atoms with van der Waals surface area (Å²) in [6.45, 7) is -2.09. The van der Waals surface area contributed by atoms with Crippen molar-refractivity contribution >= 4 is 38.8 Å². The first-order chi connectivity index (χ1) is 13.6. The van der Waals surface area contributed by atoms with Crippen molar-refractivity contribution in [3.63, 3.8) is 0 Å². The Bertz CT molecular complexity index is 986. The third-order valence-corrected chi connectivity index (χ3v) is 5.87. The zero-order valence-electron chi connectivity index (χ0n) is 14.4. The maximum absolute atomic E-state index is 12.8. The van der Waals surface area contributed by atoms with Crippen LogP contribution in [0.4, 0.5) is 25.3 Å². The van der Waals surface area contributed by atoms with E-state index in [-0.39, 0.29) is 5.75 Å². The lowest BCUT2D eigenvalue weighted by Crippen LogP contribution is -2.29. The van der Waals surface area contributed by atoms with E-state index in [1.165, 1.54) is 17.4 Å². The number of para-hydroxylation sites is 2. The zero-order valence-corrected chi connectivity index (χ0v) is 16.0. The van der Waals surface area contributed by atoms with Gasteiger partial charge in [-0.2, -0.15) is 8.78 Å². The molecule has 3 aromatic rings. The Balaban J connectivity index is 1.63. The summed E-state index contributed by atoms with van der Waals surface area (Å²) in [5.41, 5.74) is 1.20. The van der Waals surface area contributed by atoms with Gasteiger partial charge < -0.3 is 14.4 Å². The average Bonchev–Trinajstić information content (AvgIpc) is 3.20. The van der Waals surface area contributed by atoms with Crippen LogP contribution in [-0.4, -0.2) is 29.0 Å². The molecule has 0 radical (unpaired) electrons. The van der Waals surface area contributed by atoms with Crippen LogP contribution in [0.5, 0.6) is 11.5 Å². The van der Waals surface area contributed by atoms with Gasteiger partial charge in [0.05, 0.1) is 22.8 Å². The lowest BCUT2D eigenvalue weighted by atomic mass is 10.2. The van der Waals surface area contributed by atoms with Gasteiger partial charge in [-0.3, -0.25) is 4.72 Å². The number of hydrogen-bond acceptors (Lipinski definition) is 6. The van der Waals surface area contributed by atoms with Gasteiger partial charge >= 0.3 is 6.61 Å². The number of thiazole rings is 1. The number of hydrogen-bond donors (Lipinski definition) is 1. The Morgan fingerprint density at radius 3 is 2.89 bits per heavy atom. The van der Waals surface area contributed by atoms with Gasteiger partial charge in [-0.1, -0.05) is 12.1 Å². The molecule has 6 nitrogen and oxygen atoms in total. The van der Waals surface area contributed by atoms with Crippen LogP contribution in [0.2, 0.25) is 0 Å². The third kappa shape index (κ3) is 3.92. The van der Waals surface area contributed by atoms with Crippen LogP contribution >= 0.6 is 11.3 Å². The fourth-order valence-electron chi connectivity index (χ4n) is 2.85. The van der Waals surface area contributed by atoms with E-state index in [0.717, 1.165) is 0 Å². The molecule has 1 atom stereocenters. The quantitative estimate of drug-likeness (QED) is 0.636. The first kappa shape index (κ1) is 18.6. The van der Waals surface area contributed by atoms with Gasteiger partial charge in [0.15, 0.2) is 16.1 Å². The van der Waals surface area contributed by atoms with Crippen molar-refractivity contribution in [3.05, 3.63) is 54.0 Å². The highest BCUT2D eigenvalue weighted by Crippen LogP contribution is 2.41. The van der Waals surface area contributed by atoms with Crippen LogP contribution in [0.25, 0.3) is 0 Å². The standard InChI is InChI=1S/C18H15F2N3O3S2/c19-17(20)26-15-4-2-1-3-13(15)23-8-9-25-16-11-12(5-6-14(16)23)28(24)22-18-21-7-10-27-18/h1-7,10-11,17H,8-9H2,(H,21,22). The number of aromatic nitrogens is 1. The fraction of sp³-hybridized carbons (Fsp3) is 0.167. The van der Waals surface area contributed by atoms with Crippen molar-refractivity contribution in [2.24, 2.45) is 0 Å². The summed E-state index contributed by atoms with van der Waals surface area (Å²) in [5, 5.41) is 2.34. The van der Waals surface area contributed by atoms with Crippen molar-refractivity contribution in [3.8, 4) is 11.5 Å².